The van der Waals surface area contributed by atoms with Crippen molar-refractivity contribution in [3.8, 4) is 11.4 Å². The summed E-state index contributed by atoms with van der Waals surface area (Å²) in [6, 6.07) is 6.51. The number of rotatable bonds is 3. The van der Waals surface area contributed by atoms with Crippen LogP contribution >= 0.6 is 0 Å². The zero-order valence-electron chi connectivity index (χ0n) is 16.8. The van der Waals surface area contributed by atoms with Gasteiger partial charge in [-0.1, -0.05) is 0 Å². The molecule has 0 unspecified atom stereocenters. The van der Waals surface area contributed by atoms with Crippen LogP contribution in [-0.4, -0.2) is 71.8 Å². The first-order valence-corrected chi connectivity index (χ1v) is 10.2. The van der Waals surface area contributed by atoms with Crippen LogP contribution in [0, 0.1) is 0 Å². The molecule has 29 heavy (non-hydrogen) atoms. The Morgan fingerprint density at radius 1 is 1.14 bits per heavy atom. The molecule has 3 aromatic heterocycles. The highest BCUT2D eigenvalue weighted by Gasteiger charge is 2.27. The van der Waals surface area contributed by atoms with Crippen LogP contribution in [0.15, 0.2) is 30.6 Å². The minimum atomic E-state index is 0.190. The molecule has 2 saturated heterocycles. The van der Waals surface area contributed by atoms with Crippen molar-refractivity contribution in [2.45, 2.75) is 26.0 Å². The Morgan fingerprint density at radius 3 is 2.79 bits per heavy atom. The summed E-state index contributed by atoms with van der Waals surface area (Å²) in [4.78, 5) is 14.4. The fourth-order valence-electron chi connectivity index (χ4n) is 4.14. The van der Waals surface area contributed by atoms with E-state index in [9.17, 15) is 0 Å². The van der Waals surface area contributed by atoms with E-state index in [1.54, 1.807) is 6.20 Å². The van der Waals surface area contributed by atoms with E-state index in [2.05, 4.69) is 51.0 Å². The Bertz CT molecular complexity index is 986. The molecule has 1 N–H and O–H groups in total. The van der Waals surface area contributed by atoms with Crippen LogP contribution in [0.3, 0.4) is 0 Å². The van der Waals surface area contributed by atoms with Crippen LogP contribution < -0.4 is 9.80 Å². The molecule has 2 aliphatic rings. The maximum absolute atomic E-state index is 5.87. The first-order chi connectivity index (χ1) is 14.2. The molecule has 0 aromatic carbocycles. The Labute approximate surface area is 169 Å². The van der Waals surface area contributed by atoms with Gasteiger partial charge in [0.2, 0.25) is 0 Å². The van der Waals surface area contributed by atoms with Gasteiger partial charge >= 0.3 is 0 Å². The third kappa shape index (κ3) is 3.42. The van der Waals surface area contributed by atoms with Crippen LogP contribution in [0.1, 0.15) is 13.8 Å². The normalized spacial score (nSPS) is 23.0. The number of pyridine rings is 2. The van der Waals surface area contributed by atoms with Crippen molar-refractivity contribution in [1.29, 1.82) is 0 Å². The van der Waals surface area contributed by atoms with E-state index in [0.717, 1.165) is 67.6 Å². The molecule has 8 heteroatoms. The second kappa shape index (κ2) is 7.61. The van der Waals surface area contributed by atoms with Gasteiger partial charge in [-0.15, -0.1) is 0 Å². The molecular formula is C21H26N6O2. The number of fused-ring (bicyclic) bond motifs is 1. The third-order valence-corrected chi connectivity index (χ3v) is 5.70. The lowest BCUT2D eigenvalue weighted by atomic mass is 10.1. The van der Waals surface area contributed by atoms with Crippen molar-refractivity contribution < 1.29 is 9.47 Å². The van der Waals surface area contributed by atoms with Crippen molar-refractivity contribution in [3.05, 3.63) is 30.6 Å². The van der Waals surface area contributed by atoms with Crippen LogP contribution in [-0.2, 0) is 9.47 Å². The molecule has 2 fully saturated rings. The fraction of sp³-hybridized carbons (Fsp3) is 0.476. The average Bonchev–Trinajstić information content (AvgIpc) is 3.29. The van der Waals surface area contributed by atoms with E-state index in [1.807, 2.05) is 12.3 Å². The second-order valence-corrected chi connectivity index (χ2v) is 7.77. The molecule has 0 spiro atoms. The number of H-pyrrole nitrogens is 1. The van der Waals surface area contributed by atoms with Crippen molar-refractivity contribution in [1.82, 2.24) is 20.2 Å². The van der Waals surface area contributed by atoms with Gasteiger partial charge in [0.15, 0.2) is 0 Å². The summed E-state index contributed by atoms with van der Waals surface area (Å²) in [6.07, 6.45) is 3.79. The molecule has 2 aliphatic heterocycles. The van der Waals surface area contributed by atoms with Gasteiger partial charge in [0.05, 0.1) is 37.3 Å². The zero-order chi connectivity index (χ0) is 19.8. The van der Waals surface area contributed by atoms with Gasteiger partial charge < -0.3 is 19.3 Å². The van der Waals surface area contributed by atoms with Crippen molar-refractivity contribution in [3.63, 3.8) is 0 Å². The highest BCUT2D eigenvalue weighted by Crippen LogP contribution is 2.36. The van der Waals surface area contributed by atoms with Crippen LogP contribution in [0.25, 0.3) is 22.3 Å². The maximum atomic E-state index is 5.87. The van der Waals surface area contributed by atoms with Gasteiger partial charge in [-0.25, -0.2) is 4.98 Å². The number of ether oxygens (including phenoxy) is 2. The highest BCUT2D eigenvalue weighted by molar-refractivity contribution is 6.00. The lowest BCUT2D eigenvalue weighted by Gasteiger charge is -2.39. The first-order valence-electron chi connectivity index (χ1n) is 10.2. The van der Waals surface area contributed by atoms with Crippen molar-refractivity contribution in [2.75, 3.05) is 49.3 Å². The number of aromatic nitrogens is 4. The molecule has 0 aliphatic carbocycles. The Kier molecular flexibility index (Phi) is 4.81. The van der Waals surface area contributed by atoms with Gasteiger partial charge in [0.25, 0.3) is 0 Å². The van der Waals surface area contributed by atoms with Gasteiger partial charge in [-0.3, -0.25) is 10.1 Å². The van der Waals surface area contributed by atoms with E-state index >= 15 is 0 Å². The summed E-state index contributed by atoms with van der Waals surface area (Å²) in [7, 11) is 0. The number of aromatic amines is 1. The number of nitrogens with zero attached hydrogens (tertiary/aromatic N) is 5. The Hall–Kier alpha value is -2.71. The lowest BCUT2D eigenvalue weighted by Crippen LogP contribution is -2.47. The average molecular weight is 394 g/mol. The van der Waals surface area contributed by atoms with Crippen LogP contribution in [0.2, 0.25) is 0 Å². The number of hydrogen-bond acceptors (Lipinski definition) is 7. The molecular weight excluding hydrogens is 368 g/mol. The number of morpholine rings is 2. The Balaban J connectivity index is 1.70. The quantitative estimate of drug-likeness (QED) is 0.731. The number of hydrogen-bond donors (Lipinski definition) is 1. The molecule has 152 valence electrons. The summed E-state index contributed by atoms with van der Waals surface area (Å²) < 4.78 is 11.4. The van der Waals surface area contributed by atoms with Crippen LogP contribution in [0.5, 0.6) is 0 Å². The van der Waals surface area contributed by atoms with Crippen LogP contribution in [0.4, 0.5) is 11.5 Å². The molecule has 5 heterocycles. The van der Waals surface area contributed by atoms with Crippen molar-refractivity contribution in [2.24, 2.45) is 0 Å². The van der Waals surface area contributed by atoms with E-state index in [1.165, 1.54) is 5.69 Å². The van der Waals surface area contributed by atoms with E-state index < -0.39 is 0 Å². The predicted molar refractivity (Wildman–Crippen MR) is 112 cm³/mol. The monoisotopic (exact) mass is 394 g/mol. The fourth-order valence-corrected chi connectivity index (χ4v) is 4.14. The third-order valence-electron chi connectivity index (χ3n) is 5.70. The van der Waals surface area contributed by atoms with E-state index in [4.69, 9.17) is 14.5 Å². The molecule has 0 radical (unpaired) electrons. The minimum absolute atomic E-state index is 0.190. The maximum Gasteiger partial charge on any atom is 0.131 e. The van der Waals surface area contributed by atoms with Crippen molar-refractivity contribution >= 4 is 22.4 Å². The SMILES string of the molecule is C[C@H]1CN(c2cc(N3CCOCC3)nc3c(-c4ccn[nH]4)nccc23)[C@@H](C)CO1. The molecule has 3 aromatic rings. The van der Waals surface area contributed by atoms with Gasteiger partial charge in [-0.05, 0) is 26.0 Å². The van der Waals surface area contributed by atoms with Gasteiger partial charge in [-0.2, -0.15) is 5.10 Å². The number of anilines is 2. The van der Waals surface area contributed by atoms with Gasteiger partial charge in [0, 0.05) is 49.5 Å². The summed E-state index contributed by atoms with van der Waals surface area (Å²) in [5, 5.41) is 8.24. The molecule has 8 nitrogen and oxygen atoms in total. The first kappa shape index (κ1) is 18.3. The topological polar surface area (TPSA) is 79.4 Å². The second-order valence-electron chi connectivity index (χ2n) is 7.77. The molecule has 0 amide bonds. The summed E-state index contributed by atoms with van der Waals surface area (Å²) >= 11 is 0. The largest absolute Gasteiger partial charge is 0.378 e. The molecule has 2 atom stereocenters. The lowest BCUT2D eigenvalue weighted by molar-refractivity contribution is 0.0345. The summed E-state index contributed by atoms with van der Waals surface area (Å²) in [5.74, 6) is 0.968. The molecule has 0 bridgehead atoms. The minimum Gasteiger partial charge on any atom is -0.378 e. The van der Waals surface area contributed by atoms with E-state index in [-0.39, 0.29) is 12.1 Å². The molecule has 5 rings (SSSR count). The zero-order valence-corrected chi connectivity index (χ0v) is 16.8. The van der Waals surface area contributed by atoms with E-state index in [0.29, 0.717) is 0 Å². The molecule has 0 saturated carbocycles. The number of nitrogens with one attached hydrogen (secondary N) is 1. The van der Waals surface area contributed by atoms with Gasteiger partial charge in [0.1, 0.15) is 17.0 Å². The standard InChI is InChI=1S/C21H26N6O2/c1-14-13-29-15(2)12-27(14)18-11-19(26-7-9-28-10-8-26)24-20-16(18)3-5-22-21(20)17-4-6-23-25-17/h3-6,11,14-15H,7-10,12-13H2,1-2H3,(H,23,25)/t14-,15-/m0/s1. The predicted octanol–water partition coefficient (Wildman–Crippen LogP) is 2.47. The highest BCUT2D eigenvalue weighted by atomic mass is 16.5. The Morgan fingerprint density at radius 2 is 2.00 bits per heavy atom. The smallest absolute Gasteiger partial charge is 0.131 e. The summed E-state index contributed by atoms with van der Waals surface area (Å²) in [6.45, 7) is 9.04. The summed E-state index contributed by atoms with van der Waals surface area (Å²) in [5.41, 5.74) is 3.77.